The van der Waals surface area contributed by atoms with E-state index in [0.717, 1.165) is 6.42 Å². The Bertz CT molecular complexity index is 481. The summed E-state index contributed by atoms with van der Waals surface area (Å²) in [4.78, 5) is 13.2. The van der Waals surface area contributed by atoms with Gasteiger partial charge in [0.2, 0.25) is 0 Å². The van der Waals surface area contributed by atoms with Gasteiger partial charge in [-0.3, -0.25) is 9.69 Å². The van der Waals surface area contributed by atoms with E-state index >= 15 is 0 Å². The van der Waals surface area contributed by atoms with Gasteiger partial charge in [-0.1, -0.05) is 11.8 Å². The summed E-state index contributed by atoms with van der Waals surface area (Å²) < 4.78 is 29.8. The van der Waals surface area contributed by atoms with Crippen LogP contribution in [0.4, 0.5) is 8.78 Å². The number of furan rings is 1. The van der Waals surface area contributed by atoms with Crippen LogP contribution in [-0.2, 0) is 17.1 Å². The molecule has 2 unspecified atom stereocenters. The van der Waals surface area contributed by atoms with Crippen LogP contribution in [0.25, 0.3) is 0 Å². The lowest BCUT2D eigenvalue weighted by atomic mass is 9.93. The molecule has 21 heavy (non-hydrogen) atoms. The van der Waals surface area contributed by atoms with Gasteiger partial charge in [0.25, 0.3) is 5.76 Å². The Kier molecular flexibility index (Phi) is 5.64. The summed E-state index contributed by atoms with van der Waals surface area (Å²) in [7, 11) is 0. The zero-order chi connectivity index (χ0) is 15.4. The van der Waals surface area contributed by atoms with Crippen molar-refractivity contribution in [2.45, 2.75) is 43.9 Å². The van der Waals surface area contributed by atoms with E-state index in [0.29, 0.717) is 48.8 Å². The fourth-order valence-electron chi connectivity index (χ4n) is 2.53. The minimum Gasteiger partial charge on any atom is -0.481 e. The fourth-order valence-corrected chi connectivity index (χ4v) is 2.98. The average molecular weight is 319 g/mol. The van der Waals surface area contributed by atoms with Crippen molar-refractivity contribution in [1.82, 2.24) is 4.90 Å². The van der Waals surface area contributed by atoms with Crippen LogP contribution >= 0.6 is 11.8 Å². The van der Waals surface area contributed by atoms with Gasteiger partial charge in [0.1, 0.15) is 11.5 Å². The summed E-state index contributed by atoms with van der Waals surface area (Å²) in [6.07, 6.45) is 1.53. The van der Waals surface area contributed by atoms with E-state index in [2.05, 4.69) is 11.8 Å². The van der Waals surface area contributed by atoms with Crippen LogP contribution in [0.1, 0.15) is 31.3 Å². The lowest BCUT2D eigenvalue weighted by Crippen LogP contribution is -2.43. The Morgan fingerprint density at radius 3 is 2.86 bits per heavy atom. The van der Waals surface area contributed by atoms with Crippen molar-refractivity contribution in [3.63, 3.8) is 0 Å². The molecule has 2 heterocycles. The summed E-state index contributed by atoms with van der Waals surface area (Å²) in [5.41, 5.74) is 0. The van der Waals surface area contributed by atoms with E-state index in [-0.39, 0.29) is 11.7 Å². The number of rotatable bonds is 6. The molecular weight excluding hydrogens is 300 g/mol. The molecule has 7 heteroatoms. The maximum absolute atomic E-state index is 12.1. The van der Waals surface area contributed by atoms with E-state index in [1.165, 1.54) is 0 Å². The van der Waals surface area contributed by atoms with Crippen molar-refractivity contribution in [1.29, 1.82) is 0 Å². The number of thioether (sulfide) groups is 1. The molecule has 1 saturated heterocycles. The molecule has 2 atom stereocenters. The predicted molar refractivity (Wildman–Crippen MR) is 76.2 cm³/mol. The van der Waals surface area contributed by atoms with Crippen LogP contribution < -0.4 is 0 Å². The smallest absolute Gasteiger partial charge is 0.307 e. The molecule has 1 aliphatic heterocycles. The van der Waals surface area contributed by atoms with E-state index in [9.17, 15) is 13.6 Å². The van der Waals surface area contributed by atoms with Crippen molar-refractivity contribution in [2.75, 3.05) is 6.54 Å². The van der Waals surface area contributed by atoms with Gasteiger partial charge in [-0.2, -0.15) is 8.78 Å². The molecule has 0 aliphatic carbocycles. The number of nitrogens with zero attached hydrogens (tertiary/aromatic N) is 1. The van der Waals surface area contributed by atoms with Gasteiger partial charge in [0.15, 0.2) is 0 Å². The maximum Gasteiger partial charge on any atom is 0.307 e. The van der Waals surface area contributed by atoms with Gasteiger partial charge >= 0.3 is 5.97 Å². The Balaban J connectivity index is 1.92. The van der Waals surface area contributed by atoms with Crippen LogP contribution in [0.2, 0.25) is 0 Å². The van der Waals surface area contributed by atoms with Crippen LogP contribution in [0.3, 0.4) is 0 Å². The highest BCUT2D eigenvalue weighted by atomic mass is 32.2. The second-order valence-corrected chi connectivity index (χ2v) is 6.31. The Hall–Kier alpha value is -1.08. The molecule has 2 rings (SSSR count). The first-order valence-corrected chi connectivity index (χ1v) is 7.94. The molecule has 1 aliphatic rings. The number of aliphatic carboxylic acids is 1. The largest absolute Gasteiger partial charge is 0.481 e. The molecule has 1 fully saturated rings. The topological polar surface area (TPSA) is 53.7 Å². The summed E-state index contributed by atoms with van der Waals surface area (Å²) in [6.45, 7) is 3.08. The summed E-state index contributed by atoms with van der Waals surface area (Å²) >= 11 is 0.530. The monoisotopic (exact) mass is 319 g/mol. The molecule has 0 radical (unpaired) electrons. The molecule has 0 amide bonds. The second kappa shape index (κ2) is 7.26. The number of hydrogen-bond acceptors (Lipinski definition) is 4. The first kappa shape index (κ1) is 16.3. The van der Waals surface area contributed by atoms with Crippen LogP contribution in [-0.4, -0.2) is 34.3 Å². The number of alkyl halides is 2. The summed E-state index contributed by atoms with van der Waals surface area (Å²) in [5.74, 6) is -2.15. The molecular formula is C14H19F2NO3S. The van der Waals surface area contributed by atoms with Crippen LogP contribution in [0.15, 0.2) is 16.5 Å². The van der Waals surface area contributed by atoms with Crippen LogP contribution in [0.5, 0.6) is 0 Å². The third-order valence-corrected chi connectivity index (χ3v) is 4.49. The Labute approximate surface area is 126 Å². The highest BCUT2D eigenvalue weighted by molar-refractivity contribution is 7.98. The number of carboxylic acids is 1. The minimum atomic E-state index is -2.41. The summed E-state index contributed by atoms with van der Waals surface area (Å²) in [6, 6.07) is 3.77. The lowest BCUT2D eigenvalue weighted by Gasteiger charge is -2.35. The van der Waals surface area contributed by atoms with Gasteiger partial charge in [0, 0.05) is 12.6 Å². The SMILES string of the molecule is CC1CCC(C(=O)O)CN1Cc1ccc(CSC(F)F)o1. The Morgan fingerprint density at radius 1 is 1.48 bits per heavy atom. The molecule has 1 aromatic heterocycles. The molecule has 4 nitrogen and oxygen atoms in total. The Morgan fingerprint density at radius 2 is 2.19 bits per heavy atom. The van der Waals surface area contributed by atoms with Gasteiger partial charge in [-0.25, -0.2) is 0 Å². The van der Waals surface area contributed by atoms with E-state index in [4.69, 9.17) is 9.52 Å². The number of likely N-dealkylation sites (tertiary alicyclic amines) is 1. The van der Waals surface area contributed by atoms with E-state index in [1.54, 1.807) is 12.1 Å². The number of carbonyl (C=O) groups is 1. The lowest BCUT2D eigenvalue weighted by molar-refractivity contribution is -0.144. The predicted octanol–water partition coefficient (Wildman–Crippen LogP) is 3.42. The standard InChI is InChI=1S/C14H19F2NO3S/c1-9-2-3-10(13(18)19)6-17(9)7-11-4-5-12(20-11)8-21-14(15)16/h4-5,9-10,14H,2-3,6-8H2,1H3,(H,18,19). The van der Waals surface area contributed by atoms with Gasteiger partial charge in [-0.15, -0.1) is 0 Å². The molecule has 0 spiro atoms. The number of carboxylic acid groups (broad SMARTS) is 1. The van der Waals surface area contributed by atoms with Gasteiger partial charge < -0.3 is 9.52 Å². The van der Waals surface area contributed by atoms with E-state index in [1.807, 2.05) is 0 Å². The van der Waals surface area contributed by atoms with Gasteiger partial charge in [-0.05, 0) is 31.9 Å². The molecule has 0 bridgehead atoms. The van der Waals surface area contributed by atoms with Crippen molar-refractivity contribution >= 4 is 17.7 Å². The highest BCUT2D eigenvalue weighted by Gasteiger charge is 2.30. The average Bonchev–Trinajstić information content (AvgIpc) is 2.86. The number of halogens is 2. The van der Waals surface area contributed by atoms with Crippen molar-refractivity contribution in [3.05, 3.63) is 23.7 Å². The number of piperidine rings is 1. The van der Waals surface area contributed by atoms with Gasteiger partial charge in [0.05, 0.1) is 18.2 Å². The van der Waals surface area contributed by atoms with E-state index < -0.39 is 11.7 Å². The minimum absolute atomic E-state index is 0.144. The van der Waals surface area contributed by atoms with Crippen LogP contribution in [0, 0.1) is 5.92 Å². The third kappa shape index (κ3) is 4.71. The first-order valence-electron chi connectivity index (χ1n) is 6.90. The summed E-state index contributed by atoms with van der Waals surface area (Å²) in [5, 5.41) is 9.11. The quantitative estimate of drug-likeness (QED) is 0.870. The normalized spacial score (nSPS) is 23.6. The zero-order valence-electron chi connectivity index (χ0n) is 11.8. The number of hydrogen-bond donors (Lipinski definition) is 1. The first-order chi connectivity index (χ1) is 9.95. The maximum atomic E-state index is 12.1. The molecule has 0 aromatic carbocycles. The second-order valence-electron chi connectivity index (χ2n) is 5.33. The highest BCUT2D eigenvalue weighted by Crippen LogP contribution is 2.26. The van der Waals surface area contributed by atoms with Crippen molar-refractivity contribution < 1.29 is 23.1 Å². The molecule has 118 valence electrons. The molecule has 1 aromatic rings. The van der Waals surface area contributed by atoms with Crippen molar-refractivity contribution in [2.24, 2.45) is 5.92 Å². The fraction of sp³-hybridized carbons (Fsp3) is 0.643. The van der Waals surface area contributed by atoms with Crippen molar-refractivity contribution in [3.8, 4) is 0 Å². The third-order valence-electron chi connectivity index (χ3n) is 3.79. The molecule has 0 saturated carbocycles. The zero-order valence-corrected chi connectivity index (χ0v) is 12.6. The molecule has 1 N–H and O–H groups in total.